The second kappa shape index (κ2) is 4.97. The van der Waals surface area contributed by atoms with E-state index in [1.54, 1.807) is 0 Å². The molecule has 5 nitrogen and oxygen atoms in total. The molecule has 2 atom stereocenters. The van der Waals surface area contributed by atoms with Crippen LogP contribution in [0, 0.1) is 11.3 Å². The Morgan fingerprint density at radius 2 is 2.00 bits per heavy atom. The van der Waals surface area contributed by atoms with Gasteiger partial charge in [0.2, 0.25) is 11.8 Å². The predicted molar refractivity (Wildman–Crippen MR) is 64.7 cm³/mol. The number of imide groups is 1. The van der Waals surface area contributed by atoms with E-state index in [1.165, 1.54) is 4.90 Å². The summed E-state index contributed by atoms with van der Waals surface area (Å²) < 4.78 is 5.21. The van der Waals surface area contributed by atoms with E-state index in [0.29, 0.717) is 26.1 Å². The van der Waals surface area contributed by atoms with Gasteiger partial charge in [0, 0.05) is 25.4 Å². The van der Waals surface area contributed by atoms with Crippen LogP contribution in [0.3, 0.4) is 0 Å². The first-order valence-electron chi connectivity index (χ1n) is 6.48. The fourth-order valence-electron chi connectivity index (χ4n) is 2.61. The summed E-state index contributed by atoms with van der Waals surface area (Å²) in [6.07, 6.45) is 0.865. The molecule has 0 aromatic heterocycles. The van der Waals surface area contributed by atoms with Gasteiger partial charge >= 0.3 is 0 Å². The van der Waals surface area contributed by atoms with Crippen molar-refractivity contribution in [1.82, 2.24) is 4.90 Å². The van der Waals surface area contributed by atoms with Gasteiger partial charge in [0.25, 0.3) is 0 Å². The van der Waals surface area contributed by atoms with Gasteiger partial charge in [0.05, 0.1) is 19.3 Å². The van der Waals surface area contributed by atoms with Crippen LogP contribution in [0.15, 0.2) is 0 Å². The van der Waals surface area contributed by atoms with Crippen LogP contribution in [0.2, 0.25) is 0 Å². The molecule has 0 aromatic rings. The number of carbonyl (C=O) groups excluding carboxylic acids is 2. The number of hydrogen-bond acceptors (Lipinski definition) is 4. The van der Waals surface area contributed by atoms with Gasteiger partial charge < -0.3 is 9.84 Å². The highest BCUT2D eigenvalue weighted by Gasteiger charge is 2.39. The number of rotatable bonds is 3. The molecule has 0 radical (unpaired) electrons. The number of hydrogen-bond donors (Lipinski definition) is 1. The van der Waals surface area contributed by atoms with Gasteiger partial charge in [-0.2, -0.15) is 0 Å². The lowest BCUT2D eigenvalue weighted by Gasteiger charge is -2.36. The van der Waals surface area contributed by atoms with E-state index in [-0.39, 0.29) is 29.7 Å². The Balaban J connectivity index is 1.96. The molecule has 2 fully saturated rings. The van der Waals surface area contributed by atoms with Gasteiger partial charge in [-0.1, -0.05) is 13.8 Å². The first kappa shape index (κ1) is 13.5. The molecule has 18 heavy (non-hydrogen) atoms. The zero-order valence-electron chi connectivity index (χ0n) is 11.0. The molecule has 0 spiro atoms. The summed E-state index contributed by atoms with van der Waals surface area (Å²) in [5.41, 5.74) is -0.258. The number of carbonyl (C=O) groups is 2. The Labute approximate surface area is 107 Å². The number of aliphatic hydroxyl groups is 1. The highest BCUT2D eigenvalue weighted by molar-refractivity contribution is 5.98. The topological polar surface area (TPSA) is 66.8 Å². The van der Waals surface area contributed by atoms with Gasteiger partial charge in [-0.3, -0.25) is 14.5 Å². The summed E-state index contributed by atoms with van der Waals surface area (Å²) in [5.74, 6) is -0.302. The molecule has 102 valence electrons. The van der Waals surface area contributed by atoms with Crippen molar-refractivity contribution >= 4 is 11.8 Å². The predicted octanol–water partition coefficient (Wildman–Crippen LogP) is 0.559. The molecule has 2 aliphatic heterocycles. The third kappa shape index (κ3) is 2.90. The highest BCUT2D eigenvalue weighted by atomic mass is 16.5. The second-order valence-electron chi connectivity index (χ2n) is 6.11. The lowest BCUT2D eigenvalue weighted by atomic mass is 9.81. The van der Waals surface area contributed by atoms with E-state index in [1.807, 2.05) is 13.8 Å². The first-order chi connectivity index (χ1) is 8.39. The Morgan fingerprint density at radius 1 is 1.39 bits per heavy atom. The maximum absolute atomic E-state index is 11.9. The zero-order chi connectivity index (χ0) is 13.3. The Morgan fingerprint density at radius 3 is 2.50 bits per heavy atom. The van der Waals surface area contributed by atoms with E-state index >= 15 is 0 Å². The molecule has 0 aromatic carbocycles. The van der Waals surface area contributed by atoms with E-state index in [4.69, 9.17) is 4.74 Å². The average Bonchev–Trinajstić information content (AvgIpc) is 2.75. The summed E-state index contributed by atoms with van der Waals surface area (Å²) in [6, 6.07) is 0. The minimum Gasteiger partial charge on any atom is -0.391 e. The van der Waals surface area contributed by atoms with Crippen molar-refractivity contribution < 1.29 is 19.4 Å². The van der Waals surface area contributed by atoms with E-state index in [2.05, 4.69) is 0 Å². The summed E-state index contributed by atoms with van der Waals surface area (Å²) in [5, 5.41) is 10.0. The molecule has 0 aliphatic carbocycles. The van der Waals surface area contributed by atoms with Crippen LogP contribution in [0.25, 0.3) is 0 Å². The van der Waals surface area contributed by atoms with Gasteiger partial charge in [-0.05, 0) is 11.8 Å². The van der Waals surface area contributed by atoms with Crippen molar-refractivity contribution in [2.45, 2.75) is 39.2 Å². The first-order valence-corrected chi connectivity index (χ1v) is 6.48. The number of aliphatic hydroxyl groups excluding tert-OH is 1. The van der Waals surface area contributed by atoms with Crippen LogP contribution in [-0.4, -0.2) is 47.7 Å². The second-order valence-corrected chi connectivity index (χ2v) is 6.11. The molecule has 2 saturated heterocycles. The summed E-state index contributed by atoms with van der Waals surface area (Å²) in [6.45, 7) is 5.12. The summed E-state index contributed by atoms with van der Waals surface area (Å²) in [7, 11) is 0. The molecule has 2 heterocycles. The van der Waals surface area contributed by atoms with Crippen LogP contribution in [0.1, 0.15) is 33.1 Å². The van der Waals surface area contributed by atoms with Crippen LogP contribution in [-0.2, 0) is 14.3 Å². The minimum absolute atomic E-state index is 0.0422. The molecule has 0 bridgehead atoms. The molecule has 2 unspecified atom stereocenters. The van der Waals surface area contributed by atoms with E-state index in [0.717, 1.165) is 6.42 Å². The standard InChI is InChI=1S/C13H21NO4/c1-13(2)5-11(16)14(12(17)6-13)7-10(15)9-3-4-18-8-9/h9-10,15H,3-8H2,1-2H3. The van der Waals surface area contributed by atoms with Crippen molar-refractivity contribution in [2.75, 3.05) is 19.8 Å². The Kier molecular flexibility index (Phi) is 3.73. The maximum atomic E-state index is 11.9. The lowest BCUT2D eigenvalue weighted by molar-refractivity contribution is -0.154. The van der Waals surface area contributed by atoms with Crippen LogP contribution >= 0.6 is 0 Å². The van der Waals surface area contributed by atoms with Gasteiger partial charge in [-0.25, -0.2) is 0 Å². The Hall–Kier alpha value is -0.940. The Bertz CT molecular complexity index is 327. The smallest absolute Gasteiger partial charge is 0.229 e. The number of nitrogens with zero attached hydrogens (tertiary/aromatic N) is 1. The quantitative estimate of drug-likeness (QED) is 0.748. The fourth-order valence-corrected chi connectivity index (χ4v) is 2.61. The van der Waals surface area contributed by atoms with Crippen molar-refractivity contribution in [1.29, 1.82) is 0 Å². The molecule has 5 heteroatoms. The van der Waals surface area contributed by atoms with Crippen molar-refractivity contribution in [3.05, 3.63) is 0 Å². The number of likely N-dealkylation sites (tertiary alicyclic amines) is 1. The van der Waals surface area contributed by atoms with Gasteiger partial charge in [0.1, 0.15) is 0 Å². The van der Waals surface area contributed by atoms with E-state index < -0.39 is 6.10 Å². The van der Waals surface area contributed by atoms with Crippen molar-refractivity contribution in [3.63, 3.8) is 0 Å². The molecule has 0 saturated carbocycles. The van der Waals surface area contributed by atoms with Gasteiger partial charge in [-0.15, -0.1) is 0 Å². The van der Waals surface area contributed by atoms with Gasteiger partial charge in [0.15, 0.2) is 0 Å². The maximum Gasteiger partial charge on any atom is 0.229 e. The van der Waals surface area contributed by atoms with E-state index in [9.17, 15) is 14.7 Å². The number of β-amino-alcohol motifs (C(OH)–C–C–N with tert-alkyl or cyclic N) is 1. The highest BCUT2D eigenvalue weighted by Crippen LogP contribution is 2.32. The molecular formula is C13H21NO4. The lowest BCUT2D eigenvalue weighted by Crippen LogP contribution is -2.50. The number of ether oxygens (including phenoxy) is 1. The largest absolute Gasteiger partial charge is 0.391 e. The normalized spacial score (nSPS) is 29.7. The summed E-state index contributed by atoms with van der Waals surface area (Å²) >= 11 is 0. The zero-order valence-corrected chi connectivity index (χ0v) is 11.0. The fraction of sp³-hybridized carbons (Fsp3) is 0.846. The molecule has 2 rings (SSSR count). The summed E-state index contributed by atoms with van der Waals surface area (Å²) in [4.78, 5) is 25.1. The average molecular weight is 255 g/mol. The molecule has 2 amide bonds. The molecule has 1 N–H and O–H groups in total. The van der Waals surface area contributed by atoms with Crippen molar-refractivity contribution in [2.24, 2.45) is 11.3 Å². The SMILES string of the molecule is CC1(C)CC(=O)N(CC(O)C2CCOC2)C(=O)C1. The number of amides is 2. The third-order valence-electron chi connectivity index (χ3n) is 3.74. The molecule has 2 aliphatic rings. The van der Waals surface area contributed by atoms with Crippen LogP contribution in [0.5, 0.6) is 0 Å². The third-order valence-corrected chi connectivity index (χ3v) is 3.74. The number of piperidine rings is 1. The van der Waals surface area contributed by atoms with Crippen LogP contribution in [0.4, 0.5) is 0 Å². The minimum atomic E-state index is -0.665. The molecular weight excluding hydrogens is 234 g/mol. The van der Waals surface area contributed by atoms with Crippen LogP contribution < -0.4 is 0 Å². The monoisotopic (exact) mass is 255 g/mol. The van der Waals surface area contributed by atoms with Crippen molar-refractivity contribution in [3.8, 4) is 0 Å².